The van der Waals surface area contributed by atoms with Gasteiger partial charge in [0.15, 0.2) is 5.96 Å². The van der Waals surface area contributed by atoms with Gasteiger partial charge in [-0.2, -0.15) is 0 Å². The van der Waals surface area contributed by atoms with E-state index in [0.29, 0.717) is 5.92 Å². The molecular formula is C14H28N4O2. The van der Waals surface area contributed by atoms with Gasteiger partial charge in [-0.25, -0.2) is 0 Å². The summed E-state index contributed by atoms with van der Waals surface area (Å²) < 4.78 is 5.37. The van der Waals surface area contributed by atoms with Gasteiger partial charge in [0, 0.05) is 38.7 Å². The highest BCUT2D eigenvalue weighted by Crippen LogP contribution is 2.13. The lowest BCUT2D eigenvalue weighted by molar-refractivity contribution is -0.121. The zero-order chi connectivity index (χ0) is 15.2. The van der Waals surface area contributed by atoms with Crippen LogP contribution >= 0.6 is 0 Å². The molecule has 1 aliphatic rings. The predicted molar refractivity (Wildman–Crippen MR) is 80.8 cm³/mol. The summed E-state index contributed by atoms with van der Waals surface area (Å²) in [7, 11) is 3.71. The summed E-state index contributed by atoms with van der Waals surface area (Å²) in [5.74, 6) is 1.25. The van der Waals surface area contributed by atoms with Crippen molar-refractivity contribution < 1.29 is 9.53 Å². The molecule has 0 aromatic rings. The van der Waals surface area contributed by atoms with Crippen molar-refractivity contribution in [2.24, 2.45) is 10.9 Å². The summed E-state index contributed by atoms with van der Waals surface area (Å²) in [6.45, 7) is 8.67. The molecule has 6 nitrogen and oxygen atoms in total. The molecule has 1 amide bonds. The van der Waals surface area contributed by atoms with Crippen LogP contribution in [0.1, 0.15) is 27.2 Å². The summed E-state index contributed by atoms with van der Waals surface area (Å²) in [6.07, 6.45) is 1.09. The molecule has 1 atom stereocenters. The third kappa shape index (κ3) is 6.23. The number of hydrogen-bond acceptors (Lipinski definition) is 3. The minimum Gasteiger partial charge on any atom is -0.381 e. The number of nitrogens with zero attached hydrogens (tertiary/aromatic N) is 2. The molecule has 0 aromatic heterocycles. The summed E-state index contributed by atoms with van der Waals surface area (Å²) in [5.41, 5.74) is -0.213. The summed E-state index contributed by atoms with van der Waals surface area (Å²) >= 11 is 0. The molecule has 0 spiro atoms. The number of amides is 1. The van der Waals surface area contributed by atoms with Crippen molar-refractivity contribution in [2.45, 2.75) is 32.7 Å². The fourth-order valence-electron chi connectivity index (χ4n) is 2.21. The van der Waals surface area contributed by atoms with E-state index in [1.807, 2.05) is 32.7 Å². The lowest BCUT2D eigenvalue weighted by atomic mass is 10.1. The second kappa shape index (κ2) is 7.47. The fourth-order valence-corrected chi connectivity index (χ4v) is 2.21. The maximum absolute atomic E-state index is 11.8. The number of nitrogens with one attached hydrogen (secondary N) is 2. The lowest BCUT2D eigenvalue weighted by Gasteiger charge is -2.25. The summed E-state index contributed by atoms with van der Waals surface area (Å²) in [5, 5.41) is 6.00. The monoisotopic (exact) mass is 284 g/mol. The zero-order valence-corrected chi connectivity index (χ0v) is 13.3. The van der Waals surface area contributed by atoms with E-state index in [4.69, 9.17) is 4.74 Å². The molecule has 0 radical (unpaired) electrons. The normalized spacial score (nSPS) is 19.9. The molecule has 0 bridgehead atoms. The average Bonchev–Trinajstić information content (AvgIpc) is 2.80. The van der Waals surface area contributed by atoms with Crippen LogP contribution in [0.4, 0.5) is 0 Å². The Hall–Kier alpha value is -1.30. The Morgan fingerprint density at radius 2 is 2.15 bits per heavy atom. The first-order valence-electron chi connectivity index (χ1n) is 7.12. The van der Waals surface area contributed by atoms with Crippen molar-refractivity contribution in [1.82, 2.24) is 15.5 Å². The smallest absolute Gasteiger partial charge is 0.239 e. The Balaban J connectivity index is 2.36. The highest BCUT2D eigenvalue weighted by Gasteiger charge is 2.19. The van der Waals surface area contributed by atoms with Crippen molar-refractivity contribution in [3.05, 3.63) is 0 Å². The minimum absolute atomic E-state index is 0.0313. The standard InChI is InChI=1S/C14H28N4O2/c1-14(2,3)17-12(19)8-16-13(15-4)18(5)9-11-6-7-20-10-11/h11H,6-10H2,1-5H3,(H,15,16)(H,17,19). The number of carbonyl (C=O) groups excluding carboxylic acids is 1. The highest BCUT2D eigenvalue weighted by atomic mass is 16.5. The van der Waals surface area contributed by atoms with Gasteiger partial charge in [0.25, 0.3) is 0 Å². The number of carbonyl (C=O) groups is 1. The summed E-state index contributed by atoms with van der Waals surface area (Å²) in [4.78, 5) is 18.0. The van der Waals surface area contributed by atoms with Gasteiger partial charge in [-0.1, -0.05) is 0 Å². The second-order valence-corrected chi connectivity index (χ2v) is 6.31. The Bertz CT molecular complexity index is 344. The lowest BCUT2D eigenvalue weighted by Crippen LogP contribution is -2.49. The van der Waals surface area contributed by atoms with Crippen molar-refractivity contribution in [1.29, 1.82) is 0 Å². The van der Waals surface area contributed by atoms with Gasteiger partial charge < -0.3 is 20.3 Å². The van der Waals surface area contributed by atoms with Crippen LogP contribution in [-0.4, -0.2) is 62.7 Å². The van der Waals surface area contributed by atoms with E-state index in [2.05, 4.69) is 15.6 Å². The van der Waals surface area contributed by atoms with E-state index in [9.17, 15) is 4.79 Å². The molecule has 1 rings (SSSR count). The van der Waals surface area contributed by atoms with Crippen LogP contribution < -0.4 is 10.6 Å². The topological polar surface area (TPSA) is 66.0 Å². The molecule has 1 aliphatic heterocycles. The first-order valence-corrected chi connectivity index (χ1v) is 7.12. The maximum atomic E-state index is 11.8. The Kier molecular flexibility index (Phi) is 6.26. The largest absolute Gasteiger partial charge is 0.381 e. The SMILES string of the molecule is CN=C(NCC(=O)NC(C)(C)C)N(C)CC1CCOC1. The van der Waals surface area contributed by atoms with Crippen LogP contribution in [0.25, 0.3) is 0 Å². The second-order valence-electron chi connectivity index (χ2n) is 6.31. The Morgan fingerprint density at radius 1 is 1.45 bits per heavy atom. The number of hydrogen-bond donors (Lipinski definition) is 2. The molecule has 1 heterocycles. The fraction of sp³-hybridized carbons (Fsp3) is 0.857. The van der Waals surface area contributed by atoms with Crippen molar-refractivity contribution >= 4 is 11.9 Å². The third-order valence-electron chi connectivity index (χ3n) is 3.05. The summed E-state index contributed by atoms with van der Waals surface area (Å²) in [6, 6.07) is 0. The molecule has 20 heavy (non-hydrogen) atoms. The van der Waals surface area contributed by atoms with E-state index >= 15 is 0 Å². The van der Waals surface area contributed by atoms with Crippen LogP contribution in [0, 0.1) is 5.92 Å². The maximum Gasteiger partial charge on any atom is 0.239 e. The molecule has 6 heteroatoms. The zero-order valence-electron chi connectivity index (χ0n) is 13.3. The minimum atomic E-state index is -0.213. The molecule has 1 unspecified atom stereocenters. The molecular weight excluding hydrogens is 256 g/mol. The molecule has 0 aliphatic carbocycles. The number of rotatable bonds is 4. The van der Waals surface area contributed by atoms with E-state index in [1.54, 1.807) is 7.05 Å². The van der Waals surface area contributed by atoms with Gasteiger partial charge in [0.1, 0.15) is 0 Å². The predicted octanol–water partition coefficient (Wildman–Crippen LogP) is 0.445. The van der Waals surface area contributed by atoms with Crippen molar-refractivity contribution in [3.63, 3.8) is 0 Å². The molecule has 1 fully saturated rings. The number of guanidine groups is 1. The van der Waals surface area contributed by atoms with E-state index in [0.717, 1.165) is 32.1 Å². The molecule has 0 aromatic carbocycles. The Labute approximate surface area is 122 Å². The quantitative estimate of drug-likeness (QED) is 0.581. The van der Waals surface area contributed by atoms with Crippen LogP contribution in [0.15, 0.2) is 4.99 Å². The highest BCUT2D eigenvalue weighted by molar-refractivity contribution is 5.86. The van der Waals surface area contributed by atoms with Crippen LogP contribution in [-0.2, 0) is 9.53 Å². The molecule has 1 saturated heterocycles. The third-order valence-corrected chi connectivity index (χ3v) is 3.05. The molecule has 116 valence electrons. The van der Waals surface area contributed by atoms with Gasteiger partial charge in [-0.3, -0.25) is 9.79 Å². The van der Waals surface area contributed by atoms with Gasteiger partial charge in [0.05, 0.1) is 13.2 Å². The molecule has 0 saturated carbocycles. The van der Waals surface area contributed by atoms with E-state index in [-0.39, 0.29) is 18.0 Å². The first kappa shape index (κ1) is 16.8. The number of ether oxygens (including phenoxy) is 1. The average molecular weight is 284 g/mol. The van der Waals surface area contributed by atoms with E-state index < -0.39 is 0 Å². The van der Waals surface area contributed by atoms with Gasteiger partial charge in [-0.15, -0.1) is 0 Å². The first-order chi connectivity index (χ1) is 9.31. The number of aliphatic imine (C=N–C) groups is 1. The van der Waals surface area contributed by atoms with Crippen LogP contribution in [0.5, 0.6) is 0 Å². The molecule has 2 N–H and O–H groups in total. The van der Waals surface area contributed by atoms with Gasteiger partial charge in [0.2, 0.25) is 5.91 Å². The van der Waals surface area contributed by atoms with Crippen molar-refractivity contribution in [2.75, 3.05) is 40.4 Å². The van der Waals surface area contributed by atoms with Gasteiger partial charge in [-0.05, 0) is 27.2 Å². The van der Waals surface area contributed by atoms with Crippen LogP contribution in [0.3, 0.4) is 0 Å². The Morgan fingerprint density at radius 3 is 2.65 bits per heavy atom. The van der Waals surface area contributed by atoms with Crippen LogP contribution in [0.2, 0.25) is 0 Å². The van der Waals surface area contributed by atoms with E-state index in [1.165, 1.54) is 0 Å². The van der Waals surface area contributed by atoms with Crippen molar-refractivity contribution in [3.8, 4) is 0 Å². The van der Waals surface area contributed by atoms with Gasteiger partial charge >= 0.3 is 0 Å².